The van der Waals surface area contributed by atoms with E-state index in [2.05, 4.69) is 16.7 Å². The summed E-state index contributed by atoms with van der Waals surface area (Å²) in [6.45, 7) is 9.70. The smallest absolute Gasteiger partial charge is 0.0223 e. The highest BCUT2D eigenvalue weighted by Crippen LogP contribution is 2.21. The van der Waals surface area contributed by atoms with Crippen LogP contribution in [0.25, 0.3) is 0 Å². The third kappa shape index (κ3) is 3.94. The van der Waals surface area contributed by atoms with Gasteiger partial charge in [-0.25, -0.2) is 0 Å². The molecular formula is C14H29N3. The molecule has 100 valence electrons. The van der Waals surface area contributed by atoms with E-state index in [0.29, 0.717) is 5.92 Å². The Kier molecular flexibility index (Phi) is 5.26. The van der Waals surface area contributed by atoms with Crippen LogP contribution in [0.3, 0.4) is 0 Å². The number of nitrogens with zero attached hydrogens (tertiary/aromatic N) is 2. The molecule has 0 aromatic rings. The SMILES string of the molecule is CC(CN)CCCN1CCCN2CCCC2C1. The van der Waals surface area contributed by atoms with Gasteiger partial charge in [-0.1, -0.05) is 6.92 Å². The molecule has 2 aliphatic heterocycles. The maximum atomic E-state index is 5.67. The lowest BCUT2D eigenvalue weighted by Gasteiger charge is -2.25. The minimum absolute atomic E-state index is 0.699. The van der Waals surface area contributed by atoms with E-state index in [4.69, 9.17) is 5.73 Å². The highest BCUT2D eigenvalue weighted by Gasteiger charge is 2.28. The molecule has 2 heterocycles. The van der Waals surface area contributed by atoms with E-state index >= 15 is 0 Å². The summed E-state index contributed by atoms with van der Waals surface area (Å²) in [7, 11) is 0. The van der Waals surface area contributed by atoms with Crippen LogP contribution in [-0.2, 0) is 0 Å². The van der Waals surface area contributed by atoms with Crippen LogP contribution in [0.15, 0.2) is 0 Å². The van der Waals surface area contributed by atoms with Crippen LogP contribution in [0.4, 0.5) is 0 Å². The Balaban J connectivity index is 1.69. The number of hydrogen-bond acceptors (Lipinski definition) is 3. The molecule has 0 bridgehead atoms. The van der Waals surface area contributed by atoms with E-state index in [9.17, 15) is 0 Å². The van der Waals surface area contributed by atoms with Gasteiger partial charge in [0, 0.05) is 12.6 Å². The van der Waals surface area contributed by atoms with Gasteiger partial charge in [0.2, 0.25) is 0 Å². The molecule has 0 saturated carbocycles. The minimum Gasteiger partial charge on any atom is -0.330 e. The van der Waals surface area contributed by atoms with Crippen molar-refractivity contribution in [2.45, 2.75) is 45.1 Å². The summed E-state index contributed by atoms with van der Waals surface area (Å²) in [5, 5.41) is 0. The van der Waals surface area contributed by atoms with Gasteiger partial charge in [0.1, 0.15) is 0 Å². The lowest BCUT2D eigenvalue weighted by Crippen LogP contribution is -2.37. The number of rotatable bonds is 5. The summed E-state index contributed by atoms with van der Waals surface area (Å²) >= 11 is 0. The van der Waals surface area contributed by atoms with Crippen molar-refractivity contribution in [2.75, 3.05) is 39.3 Å². The van der Waals surface area contributed by atoms with E-state index in [1.54, 1.807) is 0 Å². The Bertz CT molecular complexity index is 220. The standard InChI is InChI=1S/C14H29N3/c1-13(11-15)5-2-7-16-8-4-10-17-9-3-6-14(17)12-16/h13-14H,2-12,15H2,1H3. The summed E-state index contributed by atoms with van der Waals surface area (Å²) in [5.41, 5.74) is 5.67. The summed E-state index contributed by atoms with van der Waals surface area (Å²) in [6, 6.07) is 0.865. The number of fused-ring (bicyclic) bond motifs is 1. The molecule has 2 N–H and O–H groups in total. The van der Waals surface area contributed by atoms with Gasteiger partial charge >= 0.3 is 0 Å². The molecule has 0 aliphatic carbocycles. The Hall–Kier alpha value is -0.120. The molecule has 0 aromatic carbocycles. The molecule has 2 rings (SSSR count). The van der Waals surface area contributed by atoms with Crippen molar-refractivity contribution in [2.24, 2.45) is 11.7 Å². The van der Waals surface area contributed by atoms with Crippen LogP contribution in [0.1, 0.15) is 39.0 Å². The van der Waals surface area contributed by atoms with Crippen molar-refractivity contribution < 1.29 is 0 Å². The Morgan fingerprint density at radius 1 is 1.24 bits per heavy atom. The summed E-state index contributed by atoms with van der Waals surface area (Å²) < 4.78 is 0. The van der Waals surface area contributed by atoms with Crippen LogP contribution in [-0.4, -0.2) is 55.1 Å². The van der Waals surface area contributed by atoms with E-state index in [0.717, 1.165) is 12.6 Å². The molecule has 2 aliphatic rings. The first-order chi connectivity index (χ1) is 8.29. The van der Waals surface area contributed by atoms with Crippen molar-refractivity contribution in [1.29, 1.82) is 0 Å². The molecule has 0 amide bonds. The van der Waals surface area contributed by atoms with Crippen molar-refractivity contribution in [1.82, 2.24) is 9.80 Å². The van der Waals surface area contributed by atoms with Gasteiger partial charge < -0.3 is 10.6 Å². The number of nitrogens with two attached hydrogens (primary N) is 1. The molecule has 3 nitrogen and oxygen atoms in total. The highest BCUT2D eigenvalue weighted by molar-refractivity contribution is 4.84. The van der Waals surface area contributed by atoms with E-state index in [1.165, 1.54) is 64.8 Å². The van der Waals surface area contributed by atoms with Gasteiger partial charge in [0.05, 0.1) is 0 Å². The molecule has 17 heavy (non-hydrogen) atoms. The molecule has 3 heteroatoms. The van der Waals surface area contributed by atoms with Crippen molar-refractivity contribution in [3.8, 4) is 0 Å². The molecule has 2 unspecified atom stereocenters. The minimum atomic E-state index is 0.699. The summed E-state index contributed by atoms with van der Waals surface area (Å²) in [5.74, 6) is 0.699. The monoisotopic (exact) mass is 239 g/mol. The van der Waals surface area contributed by atoms with Crippen LogP contribution >= 0.6 is 0 Å². The molecule has 2 saturated heterocycles. The second kappa shape index (κ2) is 6.72. The quantitative estimate of drug-likeness (QED) is 0.790. The zero-order valence-electron chi connectivity index (χ0n) is 11.4. The first-order valence-corrected chi connectivity index (χ1v) is 7.46. The first-order valence-electron chi connectivity index (χ1n) is 7.46. The fraction of sp³-hybridized carbons (Fsp3) is 1.00. The van der Waals surface area contributed by atoms with Gasteiger partial charge in [0.25, 0.3) is 0 Å². The zero-order chi connectivity index (χ0) is 12.1. The van der Waals surface area contributed by atoms with E-state index in [-0.39, 0.29) is 0 Å². The Morgan fingerprint density at radius 3 is 2.88 bits per heavy atom. The highest BCUT2D eigenvalue weighted by atomic mass is 15.3. The predicted molar refractivity (Wildman–Crippen MR) is 73.1 cm³/mol. The van der Waals surface area contributed by atoms with Gasteiger partial charge in [-0.05, 0) is 70.7 Å². The Morgan fingerprint density at radius 2 is 2.06 bits per heavy atom. The average molecular weight is 239 g/mol. The molecule has 0 spiro atoms. The fourth-order valence-electron chi connectivity index (χ4n) is 3.27. The summed E-state index contributed by atoms with van der Waals surface area (Å²) in [6.07, 6.45) is 6.83. The zero-order valence-corrected chi connectivity index (χ0v) is 11.4. The summed E-state index contributed by atoms with van der Waals surface area (Å²) in [4.78, 5) is 5.40. The second-order valence-corrected chi connectivity index (χ2v) is 5.97. The third-order valence-corrected chi connectivity index (χ3v) is 4.46. The molecular weight excluding hydrogens is 210 g/mol. The van der Waals surface area contributed by atoms with Crippen molar-refractivity contribution in [3.05, 3.63) is 0 Å². The van der Waals surface area contributed by atoms with Crippen LogP contribution in [0.5, 0.6) is 0 Å². The Labute approximate surface area is 106 Å². The average Bonchev–Trinajstić information content (AvgIpc) is 2.68. The van der Waals surface area contributed by atoms with Crippen molar-refractivity contribution >= 4 is 0 Å². The fourth-order valence-corrected chi connectivity index (χ4v) is 3.27. The molecule has 2 fully saturated rings. The largest absolute Gasteiger partial charge is 0.330 e. The van der Waals surface area contributed by atoms with Gasteiger partial charge in [-0.15, -0.1) is 0 Å². The normalized spacial score (nSPS) is 28.9. The van der Waals surface area contributed by atoms with Crippen LogP contribution in [0, 0.1) is 5.92 Å². The van der Waals surface area contributed by atoms with Gasteiger partial charge in [-0.3, -0.25) is 4.90 Å². The van der Waals surface area contributed by atoms with E-state index in [1.807, 2.05) is 0 Å². The van der Waals surface area contributed by atoms with Gasteiger partial charge in [0.15, 0.2) is 0 Å². The molecule has 2 atom stereocenters. The molecule has 0 aromatic heterocycles. The number of hydrogen-bond donors (Lipinski definition) is 1. The van der Waals surface area contributed by atoms with Gasteiger partial charge in [-0.2, -0.15) is 0 Å². The third-order valence-electron chi connectivity index (χ3n) is 4.46. The maximum Gasteiger partial charge on any atom is 0.0223 e. The first kappa shape index (κ1) is 13.3. The lowest BCUT2D eigenvalue weighted by atomic mass is 10.1. The van der Waals surface area contributed by atoms with Crippen LogP contribution < -0.4 is 5.73 Å². The topological polar surface area (TPSA) is 32.5 Å². The van der Waals surface area contributed by atoms with Crippen LogP contribution in [0.2, 0.25) is 0 Å². The molecule has 0 radical (unpaired) electrons. The maximum absolute atomic E-state index is 5.67. The lowest BCUT2D eigenvalue weighted by molar-refractivity contribution is 0.216. The van der Waals surface area contributed by atoms with E-state index < -0.39 is 0 Å². The predicted octanol–water partition coefficient (Wildman–Crippen LogP) is 1.53. The second-order valence-electron chi connectivity index (χ2n) is 5.97. The van der Waals surface area contributed by atoms with Crippen molar-refractivity contribution in [3.63, 3.8) is 0 Å².